The van der Waals surface area contributed by atoms with Crippen molar-refractivity contribution < 1.29 is 4.79 Å². The van der Waals surface area contributed by atoms with E-state index in [0.717, 1.165) is 31.0 Å². The molecule has 1 aliphatic rings. The minimum Gasteiger partial charge on any atom is -0.326 e. The van der Waals surface area contributed by atoms with Crippen LogP contribution in [0.15, 0.2) is 29.2 Å². The van der Waals surface area contributed by atoms with Crippen molar-refractivity contribution in [1.29, 1.82) is 0 Å². The molecule has 1 saturated heterocycles. The van der Waals surface area contributed by atoms with E-state index in [0.29, 0.717) is 0 Å². The van der Waals surface area contributed by atoms with Gasteiger partial charge in [-0.25, -0.2) is 0 Å². The molecule has 1 unspecified atom stereocenters. The van der Waals surface area contributed by atoms with E-state index in [-0.39, 0.29) is 11.8 Å². The monoisotopic (exact) mass is 250 g/mol. The van der Waals surface area contributed by atoms with Gasteiger partial charge in [-0.3, -0.25) is 4.79 Å². The molecule has 1 atom stereocenters. The average Bonchev–Trinajstić information content (AvgIpc) is 2.83. The molecule has 3 nitrogen and oxygen atoms in total. The first-order chi connectivity index (χ1) is 8.29. The van der Waals surface area contributed by atoms with Gasteiger partial charge in [-0.05, 0) is 36.9 Å². The van der Waals surface area contributed by atoms with Crippen LogP contribution in [0.25, 0.3) is 0 Å². The first kappa shape index (κ1) is 12.5. The summed E-state index contributed by atoms with van der Waals surface area (Å²) < 4.78 is 0. The zero-order chi connectivity index (χ0) is 12.1. The van der Waals surface area contributed by atoms with Gasteiger partial charge in [-0.2, -0.15) is 0 Å². The fraction of sp³-hybridized carbons (Fsp3) is 0.462. The summed E-state index contributed by atoms with van der Waals surface area (Å²) >= 11 is 1.79. The van der Waals surface area contributed by atoms with E-state index in [1.165, 1.54) is 4.90 Å². The van der Waals surface area contributed by atoms with Crippen molar-refractivity contribution in [1.82, 2.24) is 5.32 Å². The van der Waals surface area contributed by atoms with Gasteiger partial charge in [-0.1, -0.05) is 13.0 Å². The molecule has 1 aliphatic heterocycles. The van der Waals surface area contributed by atoms with Crippen LogP contribution in [0.2, 0.25) is 0 Å². The molecule has 1 heterocycles. The fourth-order valence-electron chi connectivity index (χ4n) is 1.95. The second-order valence-electron chi connectivity index (χ2n) is 4.14. The highest BCUT2D eigenvalue weighted by molar-refractivity contribution is 7.99. The number of nitrogens with one attached hydrogen (secondary N) is 2. The average molecular weight is 250 g/mol. The van der Waals surface area contributed by atoms with Gasteiger partial charge in [0.2, 0.25) is 5.91 Å². The molecular formula is C13H18N2OS. The number of thioether (sulfide) groups is 1. The maximum Gasteiger partial charge on any atom is 0.228 e. The Kier molecular flexibility index (Phi) is 4.45. The third-order valence-electron chi connectivity index (χ3n) is 2.84. The van der Waals surface area contributed by atoms with Crippen molar-refractivity contribution in [2.45, 2.75) is 18.2 Å². The second kappa shape index (κ2) is 6.07. The number of rotatable bonds is 4. The number of benzene rings is 1. The van der Waals surface area contributed by atoms with Crippen LogP contribution in [0, 0.1) is 5.92 Å². The van der Waals surface area contributed by atoms with Crippen molar-refractivity contribution >= 4 is 23.4 Å². The lowest BCUT2D eigenvalue weighted by molar-refractivity contribution is -0.119. The van der Waals surface area contributed by atoms with Gasteiger partial charge in [0.15, 0.2) is 0 Å². The third-order valence-corrected chi connectivity index (χ3v) is 3.72. The zero-order valence-corrected chi connectivity index (χ0v) is 10.8. The van der Waals surface area contributed by atoms with Crippen LogP contribution in [0.1, 0.15) is 13.3 Å². The van der Waals surface area contributed by atoms with Gasteiger partial charge in [0.05, 0.1) is 5.92 Å². The summed E-state index contributed by atoms with van der Waals surface area (Å²) in [5.74, 6) is 1.30. The molecule has 17 heavy (non-hydrogen) atoms. The van der Waals surface area contributed by atoms with E-state index in [4.69, 9.17) is 0 Å². The molecule has 1 amide bonds. The molecular weight excluding hydrogens is 232 g/mol. The standard InChI is InChI=1S/C13H18N2OS/c1-2-17-12-5-3-4-11(8-12)15-13(16)10-6-7-14-9-10/h3-5,8,10,14H,2,6-7,9H2,1H3,(H,15,16). The minimum absolute atomic E-state index is 0.123. The molecule has 0 bridgehead atoms. The molecule has 1 fully saturated rings. The maximum absolute atomic E-state index is 11.9. The Bertz CT molecular complexity index is 389. The Morgan fingerprint density at radius 3 is 3.18 bits per heavy atom. The number of amides is 1. The predicted octanol–water partition coefficient (Wildman–Crippen LogP) is 2.35. The quantitative estimate of drug-likeness (QED) is 0.806. The predicted molar refractivity (Wildman–Crippen MR) is 72.4 cm³/mol. The van der Waals surface area contributed by atoms with Crippen molar-refractivity contribution in [2.75, 3.05) is 24.2 Å². The van der Waals surface area contributed by atoms with Gasteiger partial charge in [0.25, 0.3) is 0 Å². The normalized spacial score (nSPS) is 19.2. The Labute approximate surface area is 106 Å². The summed E-state index contributed by atoms with van der Waals surface area (Å²) in [5, 5.41) is 6.20. The summed E-state index contributed by atoms with van der Waals surface area (Å²) in [4.78, 5) is 13.1. The number of carbonyl (C=O) groups is 1. The van der Waals surface area contributed by atoms with Crippen molar-refractivity contribution in [2.24, 2.45) is 5.92 Å². The molecule has 0 aromatic heterocycles. The molecule has 2 N–H and O–H groups in total. The van der Waals surface area contributed by atoms with Gasteiger partial charge < -0.3 is 10.6 Å². The van der Waals surface area contributed by atoms with E-state index in [2.05, 4.69) is 23.6 Å². The Balaban J connectivity index is 1.97. The number of anilines is 1. The Morgan fingerprint density at radius 1 is 1.59 bits per heavy atom. The lowest BCUT2D eigenvalue weighted by atomic mass is 10.1. The highest BCUT2D eigenvalue weighted by Gasteiger charge is 2.22. The van der Waals surface area contributed by atoms with Crippen LogP contribution in [0.3, 0.4) is 0 Å². The molecule has 1 aromatic rings. The second-order valence-corrected chi connectivity index (χ2v) is 5.48. The van der Waals surface area contributed by atoms with Crippen LogP contribution < -0.4 is 10.6 Å². The summed E-state index contributed by atoms with van der Waals surface area (Å²) in [6, 6.07) is 8.04. The van der Waals surface area contributed by atoms with E-state index in [1.54, 1.807) is 11.8 Å². The van der Waals surface area contributed by atoms with Crippen LogP contribution >= 0.6 is 11.8 Å². The lowest BCUT2D eigenvalue weighted by Gasteiger charge is -2.10. The highest BCUT2D eigenvalue weighted by Crippen LogP contribution is 2.22. The molecule has 1 aromatic carbocycles. The molecule has 0 aliphatic carbocycles. The molecule has 92 valence electrons. The largest absolute Gasteiger partial charge is 0.326 e. The van der Waals surface area contributed by atoms with Crippen LogP contribution in [0.4, 0.5) is 5.69 Å². The number of carbonyl (C=O) groups excluding carboxylic acids is 1. The van der Waals surface area contributed by atoms with Crippen molar-refractivity contribution in [3.63, 3.8) is 0 Å². The van der Waals surface area contributed by atoms with Gasteiger partial charge in [-0.15, -0.1) is 11.8 Å². The molecule has 0 radical (unpaired) electrons. The summed E-state index contributed by atoms with van der Waals surface area (Å²) in [7, 11) is 0. The number of hydrogen-bond donors (Lipinski definition) is 2. The van der Waals surface area contributed by atoms with Crippen LogP contribution in [0.5, 0.6) is 0 Å². The Morgan fingerprint density at radius 2 is 2.47 bits per heavy atom. The van der Waals surface area contributed by atoms with E-state index >= 15 is 0 Å². The highest BCUT2D eigenvalue weighted by atomic mass is 32.2. The molecule has 2 rings (SSSR count). The first-order valence-electron chi connectivity index (χ1n) is 6.04. The smallest absolute Gasteiger partial charge is 0.228 e. The van der Waals surface area contributed by atoms with Gasteiger partial charge >= 0.3 is 0 Å². The van der Waals surface area contributed by atoms with Crippen molar-refractivity contribution in [3.05, 3.63) is 24.3 Å². The van der Waals surface area contributed by atoms with E-state index < -0.39 is 0 Å². The molecule has 0 spiro atoms. The third kappa shape index (κ3) is 3.48. The summed E-state index contributed by atoms with van der Waals surface area (Å²) in [5.41, 5.74) is 0.903. The summed E-state index contributed by atoms with van der Waals surface area (Å²) in [6.45, 7) is 3.87. The van der Waals surface area contributed by atoms with Crippen LogP contribution in [-0.2, 0) is 4.79 Å². The molecule has 0 saturated carbocycles. The molecule has 4 heteroatoms. The number of hydrogen-bond acceptors (Lipinski definition) is 3. The van der Waals surface area contributed by atoms with Gasteiger partial charge in [0.1, 0.15) is 0 Å². The SMILES string of the molecule is CCSc1cccc(NC(=O)C2CCNC2)c1. The zero-order valence-electron chi connectivity index (χ0n) is 10.0. The first-order valence-corrected chi connectivity index (χ1v) is 7.02. The van der Waals surface area contributed by atoms with E-state index in [1.807, 2.05) is 18.2 Å². The minimum atomic E-state index is 0.123. The maximum atomic E-state index is 11.9. The summed E-state index contributed by atoms with van der Waals surface area (Å²) in [6.07, 6.45) is 0.940. The Hall–Kier alpha value is -1.00. The van der Waals surface area contributed by atoms with Crippen molar-refractivity contribution in [3.8, 4) is 0 Å². The van der Waals surface area contributed by atoms with Crippen LogP contribution in [-0.4, -0.2) is 24.7 Å². The topological polar surface area (TPSA) is 41.1 Å². The van der Waals surface area contributed by atoms with E-state index in [9.17, 15) is 4.79 Å². The lowest BCUT2D eigenvalue weighted by Crippen LogP contribution is -2.24. The fourth-order valence-corrected chi connectivity index (χ4v) is 2.67. The van der Waals surface area contributed by atoms with Gasteiger partial charge in [0, 0.05) is 17.1 Å².